The Bertz CT molecular complexity index is 353. The van der Waals surface area contributed by atoms with Crippen LogP contribution in [0.15, 0.2) is 5.38 Å². The van der Waals surface area contributed by atoms with Gasteiger partial charge in [-0.2, -0.15) is 0 Å². The maximum absolute atomic E-state index is 5.81. The van der Waals surface area contributed by atoms with Crippen LogP contribution >= 0.6 is 22.9 Å². The molecular formula is C13H21ClN2S. The summed E-state index contributed by atoms with van der Waals surface area (Å²) in [6.45, 7) is 7.05. The average molecular weight is 273 g/mol. The molecule has 0 saturated carbocycles. The van der Waals surface area contributed by atoms with Crippen LogP contribution in [0.5, 0.6) is 0 Å². The largest absolute Gasteiger partial charge is 0.294 e. The van der Waals surface area contributed by atoms with Gasteiger partial charge in [0, 0.05) is 5.38 Å². The molecule has 0 radical (unpaired) electrons. The van der Waals surface area contributed by atoms with Crippen molar-refractivity contribution in [3.05, 3.63) is 16.1 Å². The molecule has 0 spiro atoms. The Kier molecular flexibility index (Phi) is 4.83. The molecule has 0 aromatic carbocycles. The Balaban J connectivity index is 2.00. The van der Waals surface area contributed by atoms with E-state index in [-0.39, 0.29) is 0 Å². The number of hydrogen-bond acceptors (Lipinski definition) is 3. The molecule has 0 amide bonds. The minimum atomic E-state index is 0.447. The molecule has 2 rings (SSSR count). The Hall–Kier alpha value is -0.120. The average Bonchev–Trinajstić information content (AvgIpc) is 2.71. The van der Waals surface area contributed by atoms with Crippen molar-refractivity contribution in [3.8, 4) is 0 Å². The van der Waals surface area contributed by atoms with E-state index in [1.54, 1.807) is 11.3 Å². The molecule has 0 N–H and O–H groups in total. The van der Waals surface area contributed by atoms with Crippen molar-refractivity contribution < 1.29 is 0 Å². The van der Waals surface area contributed by atoms with Gasteiger partial charge in [0.1, 0.15) is 5.01 Å². The van der Waals surface area contributed by atoms with Crippen LogP contribution in [-0.4, -0.2) is 23.0 Å². The molecule has 2 heterocycles. The summed E-state index contributed by atoms with van der Waals surface area (Å²) in [5.74, 6) is 1.40. The minimum absolute atomic E-state index is 0.447. The van der Waals surface area contributed by atoms with E-state index in [0.29, 0.717) is 11.9 Å². The zero-order chi connectivity index (χ0) is 12.3. The molecule has 1 aromatic heterocycles. The predicted molar refractivity (Wildman–Crippen MR) is 74.7 cm³/mol. The summed E-state index contributed by atoms with van der Waals surface area (Å²) >= 11 is 7.55. The Labute approximate surface area is 113 Å². The van der Waals surface area contributed by atoms with Crippen LogP contribution in [-0.2, 0) is 5.88 Å². The van der Waals surface area contributed by atoms with Crippen LogP contribution in [0, 0.1) is 5.92 Å². The fraction of sp³-hybridized carbons (Fsp3) is 0.769. The van der Waals surface area contributed by atoms with Crippen molar-refractivity contribution in [2.75, 3.05) is 13.1 Å². The molecule has 4 heteroatoms. The van der Waals surface area contributed by atoms with Gasteiger partial charge in [-0.3, -0.25) is 4.90 Å². The monoisotopic (exact) mass is 272 g/mol. The van der Waals surface area contributed by atoms with Crippen LogP contribution in [0.25, 0.3) is 0 Å². The first-order valence-corrected chi connectivity index (χ1v) is 7.86. The normalized spacial score (nSPS) is 24.5. The lowest BCUT2D eigenvalue weighted by atomic mass is 10.0. The molecule has 1 aliphatic heterocycles. The standard InChI is InChI=1S/C13H21ClN2S/c1-10-4-3-6-16(7-5-10)11(2)13-15-12(8-14)9-17-13/h9-11H,3-8H2,1-2H3. The number of nitrogens with zero attached hydrogens (tertiary/aromatic N) is 2. The van der Waals surface area contributed by atoms with E-state index in [1.807, 2.05) is 0 Å². The van der Waals surface area contributed by atoms with Crippen LogP contribution < -0.4 is 0 Å². The van der Waals surface area contributed by atoms with Gasteiger partial charge < -0.3 is 0 Å². The van der Waals surface area contributed by atoms with Crippen LogP contribution in [0.2, 0.25) is 0 Å². The van der Waals surface area contributed by atoms with E-state index in [1.165, 1.54) is 37.4 Å². The van der Waals surface area contributed by atoms with E-state index in [9.17, 15) is 0 Å². The highest BCUT2D eigenvalue weighted by atomic mass is 35.5. The first kappa shape index (κ1) is 13.3. The van der Waals surface area contributed by atoms with Gasteiger partial charge in [-0.05, 0) is 45.2 Å². The van der Waals surface area contributed by atoms with Crippen molar-refractivity contribution >= 4 is 22.9 Å². The molecule has 2 atom stereocenters. The Morgan fingerprint density at radius 3 is 3.06 bits per heavy atom. The van der Waals surface area contributed by atoms with E-state index in [2.05, 4.69) is 29.1 Å². The lowest BCUT2D eigenvalue weighted by Crippen LogP contribution is -2.28. The number of hydrogen-bond donors (Lipinski definition) is 0. The topological polar surface area (TPSA) is 16.1 Å². The minimum Gasteiger partial charge on any atom is -0.294 e. The SMILES string of the molecule is CC1CCCN(C(C)c2nc(CCl)cs2)CC1. The van der Waals surface area contributed by atoms with E-state index in [4.69, 9.17) is 11.6 Å². The van der Waals surface area contributed by atoms with Crippen molar-refractivity contribution in [3.63, 3.8) is 0 Å². The third kappa shape index (κ3) is 3.43. The first-order chi connectivity index (χ1) is 8.20. The quantitative estimate of drug-likeness (QED) is 0.772. The molecule has 0 bridgehead atoms. The molecule has 2 unspecified atom stereocenters. The highest BCUT2D eigenvalue weighted by Crippen LogP contribution is 2.27. The molecule has 96 valence electrons. The second kappa shape index (κ2) is 6.17. The summed E-state index contributed by atoms with van der Waals surface area (Å²) in [4.78, 5) is 7.17. The molecule has 1 aromatic rings. The Morgan fingerprint density at radius 1 is 1.53 bits per heavy atom. The molecule has 1 aliphatic rings. The zero-order valence-corrected chi connectivity index (χ0v) is 12.2. The van der Waals surface area contributed by atoms with Gasteiger partial charge in [-0.1, -0.05) is 6.92 Å². The Morgan fingerprint density at radius 2 is 2.35 bits per heavy atom. The molecule has 17 heavy (non-hydrogen) atoms. The van der Waals surface area contributed by atoms with Gasteiger partial charge in [0.15, 0.2) is 0 Å². The number of aromatic nitrogens is 1. The summed E-state index contributed by atoms with van der Waals surface area (Å²) in [5, 5.41) is 3.30. The van der Waals surface area contributed by atoms with Gasteiger partial charge in [-0.15, -0.1) is 22.9 Å². The van der Waals surface area contributed by atoms with Gasteiger partial charge in [0.25, 0.3) is 0 Å². The summed E-state index contributed by atoms with van der Waals surface area (Å²) in [7, 11) is 0. The zero-order valence-electron chi connectivity index (χ0n) is 10.7. The van der Waals surface area contributed by atoms with Gasteiger partial charge in [0.05, 0.1) is 17.6 Å². The van der Waals surface area contributed by atoms with Crippen molar-refractivity contribution in [1.82, 2.24) is 9.88 Å². The summed E-state index contributed by atoms with van der Waals surface area (Å²) in [6, 6.07) is 0.447. The number of thiazole rings is 1. The summed E-state index contributed by atoms with van der Waals surface area (Å²) in [6.07, 6.45) is 4.01. The maximum Gasteiger partial charge on any atom is 0.110 e. The van der Waals surface area contributed by atoms with Crippen LogP contribution in [0.4, 0.5) is 0 Å². The molecule has 0 aliphatic carbocycles. The number of alkyl halides is 1. The maximum atomic E-state index is 5.81. The highest BCUT2D eigenvalue weighted by molar-refractivity contribution is 7.09. The lowest BCUT2D eigenvalue weighted by molar-refractivity contribution is 0.216. The number of rotatable bonds is 3. The van der Waals surface area contributed by atoms with Crippen LogP contribution in [0.3, 0.4) is 0 Å². The number of halogens is 1. The second-order valence-corrected chi connectivity index (χ2v) is 6.22. The van der Waals surface area contributed by atoms with E-state index >= 15 is 0 Å². The lowest BCUT2D eigenvalue weighted by Gasteiger charge is -2.25. The van der Waals surface area contributed by atoms with Gasteiger partial charge >= 0.3 is 0 Å². The molecular weight excluding hydrogens is 252 g/mol. The van der Waals surface area contributed by atoms with Crippen molar-refractivity contribution in [1.29, 1.82) is 0 Å². The van der Waals surface area contributed by atoms with E-state index in [0.717, 1.165) is 11.6 Å². The second-order valence-electron chi connectivity index (χ2n) is 5.06. The fourth-order valence-electron chi connectivity index (χ4n) is 2.40. The highest BCUT2D eigenvalue weighted by Gasteiger charge is 2.21. The first-order valence-electron chi connectivity index (χ1n) is 6.45. The summed E-state index contributed by atoms with van der Waals surface area (Å²) in [5.41, 5.74) is 1.02. The third-order valence-corrected chi connectivity index (χ3v) is 5.00. The predicted octanol–water partition coefficient (Wildman–Crippen LogP) is 4.06. The van der Waals surface area contributed by atoms with Crippen LogP contribution in [0.1, 0.15) is 49.9 Å². The molecule has 1 fully saturated rings. The molecule has 1 saturated heterocycles. The van der Waals surface area contributed by atoms with Crippen molar-refractivity contribution in [2.45, 2.75) is 45.0 Å². The van der Waals surface area contributed by atoms with Gasteiger partial charge in [-0.25, -0.2) is 4.98 Å². The van der Waals surface area contributed by atoms with Crippen molar-refractivity contribution in [2.24, 2.45) is 5.92 Å². The van der Waals surface area contributed by atoms with Gasteiger partial charge in [0.2, 0.25) is 0 Å². The smallest absolute Gasteiger partial charge is 0.110 e. The summed E-state index contributed by atoms with van der Waals surface area (Å²) < 4.78 is 0. The fourth-order valence-corrected chi connectivity index (χ4v) is 3.54. The van der Waals surface area contributed by atoms with E-state index < -0.39 is 0 Å². The third-order valence-electron chi connectivity index (χ3n) is 3.66. The molecule has 2 nitrogen and oxygen atoms in total. The number of likely N-dealkylation sites (tertiary alicyclic amines) is 1.